The molecule has 12 heavy (non-hydrogen) atoms. The van der Waals surface area contributed by atoms with Gasteiger partial charge in [-0.05, 0) is 19.3 Å². The molecule has 0 radical (unpaired) electrons. The zero-order valence-corrected chi connectivity index (χ0v) is 8.54. The molecule has 0 aromatic heterocycles. The molecule has 0 spiro atoms. The topological polar surface area (TPSA) is 26.0 Å². The maximum atomic E-state index is 13.3. The van der Waals surface area contributed by atoms with Gasteiger partial charge >= 0.3 is 0 Å². The number of nitrogens with two attached hydrogens (primary N) is 1. The highest BCUT2D eigenvalue weighted by atomic mass is 19.3. The summed E-state index contributed by atoms with van der Waals surface area (Å²) >= 11 is 0. The van der Waals surface area contributed by atoms with E-state index in [1.807, 2.05) is 0 Å². The van der Waals surface area contributed by atoms with Crippen LogP contribution in [0.4, 0.5) is 8.78 Å². The molecule has 1 nitrogen and oxygen atoms in total. The number of rotatable bonds is 2. The van der Waals surface area contributed by atoms with Crippen LogP contribution < -0.4 is 5.73 Å². The fourth-order valence-corrected chi connectivity index (χ4v) is 0.894. The van der Waals surface area contributed by atoms with Gasteiger partial charge in [0.15, 0.2) is 0 Å². The van der Waals surface area contributed by atoms with Gasteiger partial charge in [0.05, 0.1) is 5.54 Å². The smallest absolute Gasteiger partial charge is 0.265 e. The highest BCUT2D eigenvalue weighted by Crippen LogP contribution is 2.37. The standard InChI is InChI=1S/C9H19F2N/c1-7(2,3)6-9(10,11)8(4,5)12/h6,12H2,1-5H3. The van der Waals surface area contributed by atoms with Crippen molar-refractivity contribution < 1.29 is 8.78 Å². The van der Waals surface area contributed by atoms with E-state index in [4.69, 9.17) is 5.73 Å². The third-order valence-electron chi connectivity index (χ3n) is 1.70. The summed E-state index contributed by atoms with van der Waals surface area (Å²) in [6, 6.07) is 0. The van der Waals surface area contributed by atoms with Gasteiger partial charge in [-0.25, -0.2) is 8.78 Å². The second kappa shape index (κ2) is 2.95. The van der Waals surface area contributed by atoms with Gasteiger partial charge in [-0.2, -0.15) is 0 Å². The lowest BCUT2D eigenvalue weighted by Crippen LogP contribution is -2.52. The Morgan fingerprint density at radius 1 is 1.00 bits per heavy atom. The van der Waals surface area contributed by atoms with E-state index in [9.17, 15) is 8.78 Å². The maximum absolute atomic E-state index is 13.3. The third-order valence-corrected chi connectivity index (χ3v) is 1.70. The minimum absolute atomic E-state index is 0.177. The zero-order chi connectivity index (χ0) is 10.2. The highest BCUT2D eigenvalue weighted by Gasteiger charge is 2.45. The van der Waals surface area contributed by atoms with E-state index in [0.717, 1.165) is 0 Å². The van der Waals surface area contributed by atoms with Crippen molar-refractivity contribution >= 4 is 0 Å². The molecular formula is C9H19F2N. The van der Waals surface area contributed by atoms with Crippen LogP contribution in [0.3, 0.4) is 0 Å². The Balaban J connectivity index is 4.44. The second-order valence-corrected chi connectivity index (χ2v) is 5.16. The van der Waals surface area contributed by atoms with Gasteiger partial charge in [0.25, 0.3) is 5.92 Å². The molecule has 0 amide bonds. The number of alkyl halides is 2. The molecule has 3 heteroatoms. The van der Waals surface area contributed by atoms with Crippen LogP contribution in [-0.2, 0) is 0 Å². The summed E-state index contributed by atoms with van der Waals surface area (Å²) in [5, 5.41) is 0. The first kappa shape index (κ1) is 11.8. The van der Waals surface area contributed by atoms with Crippen LogP contribution in [0.1, 0.15) is 41.0 Å². The average molecular weight is 179 g/mol. The lowest BCUT2D eigenvalue weighted by Gasteiger charge is -2.34. The summed E-state index contributed by atoms with van der Waals surface area (Å²) in [6.07, 6.45) is -0.177. The molecule has 0 fully saturated rings. The van der Waals surface area contributed by atoms with Gasteiger partial charge in [0.1, 0.15) is 0 Å². The van der Waals surface area contributed by atoms with Gasteiger partial charge in [0, 0.05) is 6.42 Å². The molecule has 0 aliphatic rings. The van der Waals surface area contributed by atoms with E-state index < -0.39 is 11.5 Å². The molecule has 0 heterocycles. The predicted octanol–water partition coefficient (Wildman–Crippen LogP) is 2.80. The van der Waals surface area contributed by atoms with Crippen molar-refractivity contribution in [1.82, 2.24) is 0 Å². The first-order valence-corrected chi connectivity index (χ1v) is 4.12. The van der Waals surface area contributed by atoms with Gasteiger partial charge in [-0.15, -0.1) is 0 Å². The van der Waals surface area contributed by atoms with Crippen molar-refractivity contribution in [1.29, 1.82) is 0 Å². The van der Waals surface area contributed by atoms with Crippen LogP contribution >= 0.6 is 0 Å². The summed E-state index contributed by atoms with van der Waals surface area (Å²) < 4.78 is 26.6. The molecule has 0 saturated carbocycles. The Bertz CT molecular complexity index is 151. The van der Waals surface area contributed by atoms with Crippen LogP contribution in [0.15, 0.2) is 0 Å². The normalized spacial score (nSPS) is 15.0. The maximum Gasteiger partial charge on any atom is 0.265 e. The number of halogens is 2. The monoisotopic (exact) mass is 179 g/mol. The Morgan fingerprint density at radius 3 is 1.42 bits per heavy atom. The van der Waals surface area contributed by atoms with Gasteiger partial charge in [-0.1, -0.05) is 20.8 Å². The minimum Gasteiger partial charge on any atom is -0.321 e. The minimum atomic E-state index is -2.80. The van der Waals surface area contributed by atoms with E-state index in [1.165, 1.54) is 13.8 Å². The molecule has 0 unspecified atom stereocenters. The third kappa shape index (κ3) is 3.48. The first-order valence-electron chi connectivity index (χ1n) is 4.12. The molecule has 0 aromatic rings. The van der Waals surface area contributed by atoms with Crippen molar-refractivity contribution in [3.63, 3.8) is 0 Å². The van der Waals surface area contributed by atoms with Gasteiger partial charge in [-0.3, -0.25) is 0 Å². The molecule has 0 bridgehead atoms. The fraction of sp³-hybridized carbons (Fsp3) is 1.00. The summed E-state index contributed by atoms with van der Waals surface area (Å²) in [7, 11) is 0. The Labute approximate surface area is 73.3 Å². The van der Waals surface area contributed by atoms with Crippen LogP contribution in [0.25, 0.3) is 0 Å². The molecule has 0 saturated heterocycles. The summed E-state index contributed by atoms with van der Waals surface area (Å²) in [5.41, 5.74) is 3.55. The molecule has 74 valence electrons. The molecule has 0 rings (SSSR count). The predicted molar refractivity (Wildman–Crippen MR) is 47.3 cm³/mol. The summed E-state index contributed by atoms with van der Waals surface area (Å²) in [4.78, 5) is 0. The zero-order valence-electron chi connectivity index (χ0n) is 8.54. The molecular weight excluding hydrogens is 160 g/mol. The van der Waals surface area contributed by atoms with Crippen LogP contribution in [-0.4, -0.2) is 11.5 Å². The van der Waals surface area contributed by atoms with Gasteiger partial charge < -0.3 is 5.73 Å². The molecule has 0 atom stereocenters. The lowest BCUT2D eigenvalue weighted by atomic mass is 9.82. The van der Waals surface area contributed by atoms with E-state index in [-0.39, 0.29) is 11.8 Å². The van der Waals surface area contributed by atoms with Crippen molar-refractivity contribution in [3.8, 4) is 0 Å². The SMILES string of the molecule is CC(C)(C)CC(F)(F)C(C)(C)N. The second-order valence-electron chi connectivity index (χ2n) is 5.16. The fourth-order valence-electron chi connectivity index (χ4n) is 0.894. The quantitative estimate of drug-likeness (QED) is 0.693. The van der Waals surface area contributed by atoms with E-state index >= 15 is 0 Å². The van der Waals surface area contributed by atoms with Crippen LogP contribution in [0, 0.1) is 5.41 Å². The van der Waals surface area contributed by atoms with Crippen molar-refractivity contribution in [2.45, 2.75) is 52.5 Å². The summed E-state index contributed by atoms with van der Waals surface area (Å²) in [6.45, 7) is 8.07. The van der Waals surface area contributed by atoms with E-state index in [0.29, 0.717) is 0 Å². The first-order chi connectivity index (χ1) is 4.96. The Kier molecular flexibility index (Phi) is 2.90. The Hall–Kier alpha value is -0.180. The average Bonchev–Trinajstić information content (AvgIpc) is 1.52. The number of hydrogen-bond acceptors (Lipinski definition) is 1. The van der Waals surface area contributed by atoms with E-state index in [1.54, 1.807) is 20.8 Å². The van der Waals surface area contributed by atoms with Gasteiger partial charge in [0.2, 0.25) is 0 Å². The Morgan fingerprint density at radius 2 is 1.33 bits per heavy atom. The van der Waals surface area contributed by atoms with E-state index in [2.05, 4.69) is 0 Å². The molecule has 0 aromatic carbocycles. The van der Waals surface area contributed by atoms with Crippen molar-refractivity contribution in [2.75, 3.05) is 0 Å². The van der Waals surface area contributed by atoms with Crippen molar-refractivity contribution in [2.24, 2.45) is 11.1 Å². The van der Waals surface area contributed by atoms with Crippen LogP contribution in [0.2, 0.25) is 0 Å². The summed E-state index contributed by atoms with van der Waals surface area (Å²) in [5.74, 6) is -2.80. The van der Waals surface area contributed by atoms with Crippen molar-refractivity contribution in [3.05, 3.63) is 0 Å². The molecule has 2 N–H and O–H groups in total. The molecule has 0 aliphatic heterocycles. The lowest BCUT2D eigenvalue weighted by molar-refractivity contribution is -0.0889. The number of hydrogen-bond donors (Lipinski definition) is 1. The highest BCUT2D eigenvalue weighted by molar-refractivity contribution is 4.92. The van der Waals surface area contributed by atoms with Crippen LogP contribution in [0.5, 0.6) is 0 Å². The molecule has 0 aliphatic carbocycles. The largest absolute Gasteiger partial charge is 0.321 e.